The van der Waals surface area contributed by atoms with Gasteiger partial charge in [-0.3, -0.25) is 14.2 Å². The molecule has 0 radical (unpaired) electrons. The molecule has 1 aromatic heterocycles. The molecule has 146 valence electrons. The first kappa shape index (κ1) is 20.4. The molecule has 0 aliphatic heterocycles. The molecule has 4 nitrogen and oxygen atoms in total. The van der Waals surface area contributed by atoms with E-state index in [9.17, 15) is 9.59 Å². The summed E-state index contributed by atoms with van der Waals surface area (Å²) in [6, 6.07) is 9.88. The van der Waals surface area contributed by atoms with Crippen LogP contribution in [0.3, 0.4) is 0 Å². The minimum atomic E-state index is -0.663. The van der Waals surface area contributed by atoms with E-state index < -0.39 is 6.04 Å². The van der Waals surface area contributed by atoms with Crippen LogP contribution < -0.4 is 10.9 Å². The maximum absolute atomic E-state index is 13.1. The molecule has 0 spiro atoms. The van der Waals surface area contributed by atoms with Gasteiger partial charge in [0.25, 0.3) is 5.56 Å². The lowest BCUT2D eigenvalue weighted by Gasteiger charge is -2.22. The molecule has 3 rings (SSSR count). The second kappa shape index (κ2) is 7.98. The van der Waals surface area contributed by atoms with Crippen molar-refractivity contribution in [3.63, 3.8) is 0 Å². The Hall–Kier alpha value is -2.30. The summed E-state index contributed by atoms with van der Waals surface area (Å²) in [7, 11) is 0. The number of halogens is 2. The first-order chi connectivity index (χ1) is 13.2. The van der Waals surface area contributed by atoms with Crippen molar-refractivity contribution in [2.24, 2.45) is 0 Å². The van der Waals surface area contributed by atoms with E-state index >= 15 is 0 Å². The number of fused-ring (bicyclic) bond motifs is 1. The van der Waals surface area contributed by atoms with Crippen LogP contribution in [0, 0.1) is 20.8 Å². The Labute approximate surface area is 174 Å². The van der Waals surface area contributed by atoms with Crippen molar-refractivity contribution in [3.8, 4) is 0 Å². The van der Waals surface area contributed by atoms with Crippen LogP contribution >= 0.6 is 23.2 Å². The van der Waals surface area contributed by atoms with Gasteiger partial charge in [-0.05, 0) is 62.6 Å². The molecule has 0 saturated heterocycles. The number of aryl methyl sites for hydroxylation is 3. The molecule has 28 heavy (non-hydrogen) atoms. The molecule has 1 N–H and O–H groups in total. The van der Waals surface area contributed by atoms with E-state index in [0.717, 1.165) is 27.6 Å². The van der Waals surface area contributed by atoms with Crippen molar-refractivity contribution in [2.75, 3.05) is 5.32 Å². The number of carbonyl (C=O) groups excluding carboxylic acids is 1. The van der Waals surface area contributed by atoms with Crippen LogP contribution in [0.2, 0.25) is 10.0 Å². The Morgan fingerprint density at radius 3 is 2.43 bits per heavy atom. The zero-order valence-electron chi connectivity index (χ0n) is 16.3. The lowest BCUT2D eigenvalue weighted by molar-refractivity contribution is -0.119. The maximum Gasteiger partial charge on any atom is 0.252 e. The molecule has 3 aromatic rings. The summed E-state index contributed by atoms with van der Waals surface area (Å²) in [5, 5.41) is 4.65. The second-order valence-electron chi connectivity index (χ2n) is 7.05. The normalized spacial score (nSPS) is 12.2. The first-order valence-corrected chi connectivity index (χ1v) is 9.87. The van der Waals surface area contributed by atoms with Gasteiger partial charge in [-0.2, -0.15) is 0 Å². The minimum Gasteiger partial charge on any atom is -0.323 e. The van der Waals surface area contributed by atoms with E-state index in [-0.39, 0.29) is 11.5 Å². The minimum absolute atomic E-state index is 0.193. The summed E-state index contributed by atoms with van der Waals surface area (Å²) < 4.78 is 1.59. The van der Waals surface area contributed by atoms with Gasteiger partial charge >= 0.3 is 0 Å². The quantitative estimate of drug-likeness (QED) is 0.581. The van der Waals surface area contributed by atoms with Crippen molar-refractivity contribution < 1.29 is 4.79 Å². The standard InChI is InChI=1S/C22H22Cl2N2O2/c1-5-19(22(28)25-18-7-6-15(23)11-17(18)24)26-20(27)10-13(3)16-9-12(2)8-14(4)21(16)26/h6-11,19H,5H2,1-4H3,(H,25,28). The summed E-state index contributed by atoms with van der Waals surface area (Å²) in [5.41, 5.74) is 4.04. The van der Waals surface area contributed by atoms with Crippen LogP contribution in [0.1, 0.15) is 36.1 Å². The van der Waals surface area contributed by atoms with E-state index in [1.54, 1.807) is 28.8 Å². The Balaban J connectivity index is 2.13. The average Bonchev–Trinajstić information content (AvgIpc) is 2.61. The van der Waals surface area contributed by atoms with E-state index in [1.807, 2.05) is 39.8 Å². The molecule has 0 saturated carbocycles. The molecule has 0 fully saturated rings. The lowest BCUT2D eigenvalue weighted by Crippen LogP contribution is -2.33. The molecule has 1 atom stereocenters. The highest BCUT2D eigenvalue weighted by molar-refractivity contribution is 6.36. The summed E-state index contributed by atoms with van der Waals surface area (Å²) in [5.74, 6) is -0.293. The first-order valence-electron chi connectivity index (χ1n) is 9.12. The number of rotatable bonds is 4. The number of amides is 1. The van der Waals surface area contributed by atoms with Gasteiger partial charge in [0, 0.05) is 16.5 Å². The van der Waals surface area contributed by atoms with Crippen molar-refractivity contribution >= 4 is 45.7 Å². The van der Waals surface area contributed by atoms with E-state index in [0.29, 0.717) is 22.2 Å². The summed E-state index contributed by atoms with van der Waals surface area (Å²) in [6.07, 6.45) is 0.461. The van der Waals surface area contributed by atoms with Gasteiger partial charge in [-0.1, -0.05) is 41.8 Å². The third-order valence-corrected chi connectivity index (χ3v) is 5.43. The number of anilines is 1. The van der Waals surface area contributed by atoms with E-state index in [1.165, 1.54) is 0 Å². The van der Waals surface area contributed by atoms with Crippen molar-refractivity contribution in [3.05, 3.63) is 73.5 Å². The highest BCUT2D eigenvalue weighted by Gasteiger charge is 2.24. The fourth-order valence-corrected chi connectivity index (χ4v) is 4.08. The lowest BCUT2D eigenvalue weighted by atomic mass is 10.0. The number of pyridine rings is 1. The molecule has 2 aromatic carbocycles. The summed E-state index contributed by atoms with van der Waals surface area (Å²) in [4.78, 5) is 26.0. The van der Waals surface area contributed by atoms with Gasteiger partial charge < -0.3 is 5.32 Å². The molecule has 1 heterocycles. The van der Waals surface area contributed by atoms with Crippen LogP contribution in [0.25, 0.3) is 10.9 Å². The Morgan fingerprint density at radius 1 is 1.07 bits per heavy atom. The average molecular weight is 417 g/mol. The molecule has 0 aliphatic rings. The maximum atomic E-state index is 13.1. The van der Waals surface area contributed by atoms with Gasteiger partial charge in [0.2, 0.25) is 5.91 Å². The van der Waals surface area contributed by atoms with E-state index in [2.05, 4.69) is 5.32 Å². The fourth-order valence-electron chi connectivity index (χ4n) is 3.62. The molecular formula is C22H22Cl2N2O2. The van der Waals surface area contributed by atoms with Crippen LogP contribution in [0.15, 0.2) is 41.2 Å². The molecule has 1 unspecified atom stereocenters. The van der Waals surface area contributed by atoms with Crippen LogP contribution in [0.5, 0.6) is 0 Å². The molecule has 1 amide bonds. The molecule has 0 aliphatic carbocycles. The largest absolute Gasteiger partial charge is 0.323 e. The highest BCUT2D eigenvalue weighted by atomic mass is 35.5. The molecular weight excluding hydrogens is 395 g/mol. The Morgan fingerprint density at radius 2 is 1.79 bits per heavy atom. The number of hydrogen-bond acceptors (Lipinski definition) is 2. The molecule has 0 bridgehead atoms. The number of carbonyl (C=O) groups is 1. The Bertz CT molecular complexity index is 1140. The molecule has 6 heteroatoms. The van der Waals surface area contributed by atoms with E-state index in [4.69, 9.17) is 23.2 Å². The third-order valence-electron chi connectivity index (χ3n) is 4.88. The second-order valence-corrected chi connectivity index (χ2v) is 7.89. The van der Waals surface area contributed by atoms with Crippen LogP contribution in [0.4, 0.5) is 5.69 Å². The van der Waals surface area contributed by atoms with Gasteiger partial charge in [0.1, 0.15) is 6.04 Å². The Kier molecular flexibility index (Phi) is 5.82. The smallest absolute Gasteiger partial charge is 0.252 e. The van der Waals surface area contributed by atoms with Gasteiger partial charge in [-0.15, -0.1) is 0 Å². The number of nitrogens with one attached hydrogen (secondary N) is 1. The fraction of sp³-hybridized carbons (Fsp3) is 0.273. The van der Waals surface area contributed by atoms with Crippen molar-refractivity contribution in [1.82, 2.24) is 4.57 Å². The number of aromatic nitrogens is 1. The zero-order valence-corrected chi connectivity index (χ0v) is 17.8. The van der Waals surface area contributed by atoms with Crippen LogP contribution in [-0.4, -0.2) is 10.5 Å². The SMILES string of the molecule is CCC(C(=O)Nc1ccc(Cl)cc1Cl)n1c(=O)cc(C)c2cc(C)cc(C)c21. The van der Waals surface area contributed by atoms with Gasteiger partial charge in [0.15, 0.2) is 0 Å². The predicted octanol–water partition coefficient (Wildman–Crippen LogP) is 5.82. The summed E-state index contributed by atoms with van der Waals surface area (Å²) >= 11 is 12.1. The van der Waals surface area contributed by atoms with Crippen LogP contribution in [-0.2, 0) is 4.79 Å². The van der Waals surface area contributed by atoms with Crippen molar-refractivity contribution in [1.29, 1.82) is 0 Å². The zero-order chi connectivity index (χ0) is 20.6. The summed E-state index contributed by atoms with van der Waals surface area (Å²) in [6.45, 7) is 7.79. The van der Waals surface area contributed by atoms with Gasteiger partial charge in [0.05, 0.1) is 16.2 Å². The number of nitrogens with zero attached hydrogens (tertiary/aromatic N) is 1. The van der Waals surface area contributed by atoms with Crippen molar-refractivity contribution in [2.45, 2.75) is 40.2 Å². The highest BCUT2D eigenvalue weighted by Crippen LogP contribution is 2.29. The number of hydrogen-bond donors (Lipinski definition) is 1. The number of benzene rings is 2. The third kappa shape index (κ3) is 3.80. The predicted molar refractivity (Wildman–Crippen MR) is 117 cm³/mol. The topological polar surface area (TPSA) is 51.1 Å². The monoisotopic (exact) mass is 416 g/mol. The van der Waals surface area contributed by atoms with Gasteiger partial charge in [-0.25, -0.2) is 0 Å².